The average Bonchev–Trinajstić information content (AvgIpc) is 3.21. The minimum Gasteiger partial charge on any atom is -0.303 e. The summed E-state index contributed by atoms with van der Waals surface area (Å²) in [5, 5.41) is 0. The van der Waals surface area contributed by atoms with Crippen molar-refractivity contribution < 1.29 is 4.79 Å². The van der Waals surface area contributed by atoms with Gasteiger partial charge in [-0.1, -0.05) is 13.8 Å². The quantitative estimate of drug-likeness (QED) is 0.659. The van der Waals surface area contributed by atoms with Crippen LogP contribution in [0.25, 0.3) is 0 Å². The molecule has 0 aromatic heterocycles. The lowest BCUT2D eigenvalue weighted by molar-refractivity contribution is -0.118. The molecule has 17 heavy (non-hydrogen) atoms. The smallest absolute Gasteiger partial charge is 0.127 e. The molecule has 1 saturated carbocycles. The zero-order chi connectivity index (χ0) is 12.3. The molecule has 3 heteroatoms. The van der Waals surface area contributed by atoms with Crippen LogP contribution in [0, 0.1) is 5.41 Å². The van der Waals surface area contributed by atoms with E-state index in [1.807, 2.05) is 0 Å². The molecular formula is C14H26N2O. The van der Waals surface area contributed by atoms with Crippen molar-refractivity contribution in [3.63, 3.8) is 0 Å². The van der Waals surface area contributed by atoms with Crippen LogP contribution < -0.4 is 0 Å². The fraction of sp³-hybridized carbons (Fsp3) is 0.929. The van der Waals surface area contributed by atoms with Crippen molar-refractivity contribution in [1.29, 1.82) is 0 Å². The predicted molar refractivity (Wildman–Crippen MR) is 70.1 cm³/mol. The molecule has 0 atom stereocenters. The van der Waals surface area contributed by atoms with Crippen LogP contribution in [0.2, 0.25) is 0 Å². The molecule has 0 unspecified atom stereocenters. The Kier molecular flexibility index (Phi) is 4.21. The lowest BCUT2D eigenvalue weighted by Crippen LogP contribution is -2.50. The molecule has 0 N–H and O–H groups in total. The average molecular weight is 238 g/mol. The molecule has 0 spiro atoms. The van der Waals surface area contributed by atoms with Crippen LogP contribution in [0.4, 0.5) is 0 Å². The van der Waals surface area contributed by atoms with Gasteiger partial charge < -0.3 is 4.79 Å². The second-order valence-electron chi connectivity index (χ2n) is 5.73. The molecule has 2 fully saturated rings. The molecule has 0 aromatic rings. The third kappa shape index (κ3) is 3.08. The SMILES string of the molecule is CCC(C=O)(CC)CN1CCN(C2CC2)CC1. The topological polar surface area (TPSA) is 23.6 Å². The number of hydrogen-bond acceptors (Lipinski definition) is 3. The highest BCUT2D eigenvalue weighted by Gasteiger charge is 2.34. The number of hydrogen-bond donors (Lipinski definition) is 0. The van der Waals surface area contributed by atoms with Gasteiger partial charge in [0.15, 0.2) is 0 Å². The molecule has 1 aliphatic heterocycles. The fourth-order valence-electron chi connectivity index (χ4n) is 2.85. The lowest BCUT2D eigenvalue weighted by Gasteiger charge is -2.39. The van der Waals surface area contributed by atoms with E-state index in [1.54, 1.807) is 0 Å². The van der Waals surface area contributed by atoms with Gasteiger partial charge >= 0.3 is 0 Å². The summed E-state index contributed by atoms with van der Waals surface area (Å²) >= 11 is 0. The third-order valence-electron chi connectivity index (χ3n) is 4.67. The minimum atomic E-state index is -0.0955. The van der Waals surface area contributed by atoms with E-state index in [9.17, 15) is 4.79 Å². The molecule has 98 valence electrons. The highest BCUT2D eigenvalue weighted by Crippen LogP contribution is 2.29. The van der Waals surface area contributed by atoms with Crippen LogP contribution in [0.1, 0.15) is 39.5 Å². The summed E-state index contributed by atoms with van der Waals surface area (Å²) in [5.41, 5.74) is -0.0955. The molecule has 1 aliphatic carbocycles. The summed E-state index contributed by atoms with van der Waals surface area (Å²) in [5.74, 6) is 0. The van der Waals surface area contributed by atoms with Gasteiger partial charge in [-0.05, 0) is 25.7 Å². The first-order chi connectivity index (χ1) is 8.23. The first-order valence-electron chi connectivity index (χ1n) is 7.16. The molecule has 2 rings (SSSR count). The van der Waals surface area contributed by atoms with Crippen molar-refractivity contribution in [3.8, 4) is 0 Å². The summed E-state index contributed by atoms with van der Waals surface area (Å²) in [4.78, 5) is 16.4. The Labute approximate surface area is 105 Å². The van der Waals surface area contributed by atoms with Crippen molar-refractivity contribution >= 4 is 6.29 Å². The molecule has 2 aliphatic rings. The summed E-state index contributed by atoms with van der Waals surface area (Å²) in [6.45, 7) is 9.93. The Morgan fingerprint density at radius 2 is 1.71 bits per heavy atom. The zero-order valence-electron chi connectivity index (χ0n) is 11.3. The maximum Gasteiger partial charge on any atom is 0.127 e. The Balaban J connectivity index is 1.81. The van der Waals surface area contributed by atoms with E-state index in [0.717, 1.165) is 38.5 Å². The molecule has 1 heterocycles. The summed E-state index contributed by atoms with van der Waals surface area (Å²) < 4.78 is 0. The van der Waals surface area contributed by atoms with Crippen molar-refractivity contribution in [2.24, 2.45) is 5.41 Å². The number of rotatable bonds is 6. The van der Waals surface area contributed by atoms with Crippen molar-refractivity contribution in [2.45, 2.75) is 45.6 Å². The largest absolute Gasteiger partial charge is 0.303 e. The number of carbonyl (C=O) groups is 1. The van der Waals surface area contributed by atoms with Gasteiger partial charge in [0, 0.05) is 44.2 Å². The zero-order valence-corrected chi connectivity index (χ0v) is 11.3. The number of carbonyl (C=O) groups excluding carboxylic acids is 1. The van der Waals surface area contributed by atoms with Gasteiger partial charge in [0.2, 0.25) is 0 Å². The van der Waals surface area contributed by atoms with E-state index in [2.05, 4.69) is 23.6 Å². The van der Waals surface area contributed by atoms with Crippen LogP contribution in [-0.4, -0.2) is 54.9 Å². The standard InChI is InChI=1S/C14H26N2O/c1-3-14(4-2,12-17)11-15-7-9-16(10-8-15)13-5-6-13/h12-13H,3-11H2,1-2H3. The van der Waals surface area contributed by atoms with Crippen LogP contribution >= 0.6 is 0 Å². The minimum absolute atomic E-state index is 0.0955. The highest BCUT2D eigenvalue weighted by molar-refractivity contribution is 5.59. The first-order valence-corrected chi connectivity index (χ1v) is 7.16. The lowest BCUT2D eigenvalue weighted by atomic mass is 9.83. The molecular weight excluding hydrogens is 212 g/mol. The van der Waals surface area contributed by atoms with Crippen molar-refractivity contribution in [2.75, 3.05) is 32.7 Å². The van der Waals surface area contributed by atoms with Crippen LogP contribution in [0.5, 0.6) is 0 Å². The molecule has 1 saturated heterocycles. The van der Waals surface area contributed by atoms with Crippen molar-refractivity contribution in [1.82, 2.24) is 9.80 Å². The summed E-state index contributed by atoms with van der Waals surface area (Å²) in [7, 11) is 0. The Hall–Kier alpha value is -0.410. The van der Waals surface area contributed by atoms with Gasteiger partial charge in [0.1, 0.15) is 6.29 Å². The molecule has 3 nitrogen and oxygen atoms in total. The Morgan fingerprint density at radius 3 is 2.12 bits per heavy atom. The van der Waals surface area contributed by atoms with Gasteiger partial charge in [-0.15, -0.1) is 0 Å². The predicted octanol–water partition coefficient (Wildman–Crippen LogP) is 1.77. The number of nitrogens with zero attached hydrogens (tertiary/aromatic N) is 2. The van der Waals surface area contributed by atoms with E-state index < -0.39 is 0 Å². The molecule has 0 radical (unpaired) electrons. The van der Waals surface area contributed by atoms with E-state index >= 15 is 0 Å². The van der Waals surface area contributed by atoms with E-state index in [0.29, 0.717) is 0 Å². The van der Waals surface area contributed by atoms with Crippen LogP contribution in [-0.2, 0) is 4.79 Å². The van der Waals surface area contributed by atoms with Crippen LogP contribution in [0.3, 0.4) is 0 Å². The molecule has 0 aromatic carbocycles. The second-order valence-corrected chi connectivity index (χ2v) is 5.73. The fourth-order valence-corrected chi connectivity index (χ4v) is 2.85. The Bertz CT molecular complexity index is 251. The highest BCUT2D eigenvalue weighted by atomic mass is 16.1. The van der Waals surface area contributed by atoms with Gasteiger partial charge in [-0.25, -0.2) is 0 Å². The molecule has 0 amide bonds. The van der Waals surface area contributed by atoms with E-state index in [-0.39, 0.29) is 5.41 Å². The van der Waals surface area contributed by atoms with Gasteiger partial charge in [-0.3, -0.25) is 9.80 Å². The van der Waals surface area contributed by atoms with Crippen LogP contribution in [0.15, 0.2) is 0 Å². The van der Waals surface area contributed by atoms with Crippen molar-refractivity contribution in [3.05, 3.63) is 0 Å². The normalized spacial score (nSPS) is 23.9. The summed E-state index contributed by atoms with van der Waals surface area (Å²) in [6.07, 6.45) is 5.94. The number of aldehydes is 1. The van der Waals surface area contributed by atoms with Gasteiger partial charge in [0.25, 0.3) is 0 Å². The van der Waals surface area contributed by atoms with E-state index in [1.165, 1.54) is 32.2 Å². The van der Waals surface area contributed by atoms with E-state index in [4.69, 9.17) is 0 Å². The van der Waals surface area contributed by atoms with Gasteiger partial charge in [-0.2, -0.15) is 0 Å². The Morgan fingerprint density at radius 1 is 1.12 bits per heavy atom. The van der Waals surface area contributed by atoms with Gasteiger partial charge in [0.05, 0.1) is 0 Å². The first kappa shape index (κ1) is 13.0. The maximum absolute atomic E-state index is 11.3. The molecule has 0 bridgehead atoms. The summed E-state index contributed by atoms with van der Waals surface area (Å²) in [6, 6.07) is 0.894. The third-order valence-corrected chi connectivity index (χ3v) is 4.67. The number of piperazine rings is 1. The monoisotopic (exact) mass is 238 g/mol. The maximum atomic E-state index is 11.3. The second kappa shape index (κ2) is 5.49.